The van der Waals surface area contributed by atoms with E-state index in [1.807, 2.05) is 20.8 Å². The van der Waals surface area contributed by atoms with Gasteiger partial charge in [-0.3, -0.25) is 9.59 Å². The molecular weight excluding hydrogens is 276 g/mol. The Labute approximate surface area is 123 Å². The minimum Gasteiger partial charge on any atom is -0.434 e. The number of esters is 1. The molecule has 0 aliphatic carbocycles. The van der Waals surface area contributed by atoms with Crippen LogP contribution in [0.2, 0.25) is 0 Å². The van der Waals surface area contributed by atoms with Gasteiger partial charge in [-0.15, -0.1) is 0 Å². The van der Waals surface area contributed by atoms with Gasteiger partial charge in [0, 0.05) is 11.8 Å². The molecular formula is C13H22N4O4. The van der Waals surface area contributed by atoms with Gasteiger partial charge in [0.1, 0.15) is 6.54 Å². The van der Waals surface area contributed by atoms with Crippen LogP contribution in [0.3, 0.4) is 0 Å². The Morgan fingerprint density at radius 1 is 1.38 bits per heavy atom. The Balaban J connectivity index is 2.85. The maximum absolute atomic E-state index is 11.7. The molecule has 0 aromatic heterocycles. The molecule has 0 aromatic carbocycles. The van der Waals surface area contributed by atoms with Gasteiger partial charge in [0.25, 0.3) is 0 Å². The van der Waals surface area contributed by atoms with E-state index in [2.05, 4.69) is 15.3 Å². The quantitative estimate of drug-likeness (QED) is 0.360. The molecule has 8 nitrogen and oxygen atoms in total. The molecule has 1 saturated heterocycles. The van der Waals surface area contributed by atoms with E-state index in [-0.39, 0.29) is 24.5 Å². The van der Waals surface area contributed by atoms with Gasteiger partial charge in [0.15, 0.2) is 0 Å². The zero-order valence-corrected chi connectivity index (χ0v) is 12.8. The Morgan fingerprint density at radius 2 is 2.05 bits per heavy atom. The highest BCUT2D eigenvalue weighted by molar-refractivity contribution is 5.78. The molecule has 1 amide bonds. The second-order valence-electron chi connectivity index (χ2n) is 5.26. The van der Waals surface area contributed by atoms with Crippen LogP contribution in [0.1, 0.15) is 34.1 Å². The lowest BCUT2D eigenvalue weighted by Crippen LogP contribution is -2.58. The van der Waals surface area contributed by atoms with Gasteiger partial charge >= 0.3 is 5.97 Å². The first kappa shape index (κ1) is 17.3. The number of carbonyl (C=O) groups is 2. The molecule has 5 atom stereocenters. The van der Waals surface area contributed by atoms with Crippen LogP contribution in [0.25, 0.3) is 10.4 Å². The van der Waals surface area contributed by atoms with Crippen molar-refractivity contribution < 1.29 is 19.1 Å². The summed E-state index contributed by atoms with van der Waals surface area (Å²) in [5, 5.41) is 5.95. The molecule has 1 aliphatic heterocycles. The summed E-state index contributed by atoms with van der Waals surface area (Å²) in [6.45, 7) is 7.02. The van der Waals surface area contributed by atoms with Crippen molar-refractivity contribution in [1.82, 2.24) is 5.32 Å². The van der Waals surface area contributed by atoms with E-state index >= 15 is 0 Å². The van der Waals surface area contributed by atoms with E-state index in [4.69, 9.17) is 15.0 Å². The summed E-state index contributed by atoms with van der Waals surface area (Å²) < 4.78 is 11.0. The third-order valence-corrected chi connectivity index (χ3v) is 3.87. The van der Waals surface area contributed by atoms with Gasteiger partial charge in [-0.25, -0.2) is 0 Å². The third-order valence-electron chi connectivity index (χ3n) is 3.87. The van der Waals surface area contributed by atoms with Crippen molar-refractivity contribution in [1.29, 1.82) is 0 Å². The van der Waals surface area contributed by atoms with Crippen molar-refractivity contribution in [3.05, 3.63) is 10.4 Å². The molecule has 0 bridgehead atoms. The number of hydrogen-bond donors (Lipinski definition) is 1. The Bertz CT molecular complexity index is 436. The highest BCUT2D eigenvalue weighted by atomic mass is 16.7. The molecule has 0 saturated carbocycles. The maximum atomic E-state index is 11.7. The molecule has 5 unspecified atom stereocenters. The first-order valence-electron chi connectivity index (χ1n) is 7.03. The van der Waals surface area contributed by atoms with E-state index in [1.54, 1.807) is 0 Å². The zero-order valence-electron chi connectivity index (χ0n) is 12.8. The number of azide groups is 1. The van der Waals surface area contributed by atoms with Gasteiger partial charge in [-0.2, -0.15) is 0 Å². The SMILES string of the molecule is CCC1OC(OC(C)=O)C(NC(=O)CN=[N+]=[N-])C(C)C1C. The second-order valence-corrected chi connectivity index (χ2v) is 5.26. The third kappa shape index (κ3) is 4.61. The standard InChI is InChI=1S/C13H22N4O4/c1-5-10-7(2)8(3)12(13(21-10)20-9(4)18)16-11(19)6-15-17-14/h7-8,10,12-13H,5-6H2,1-4H3,(H,16,19). The summed E-state index contributed by atoms with van der Waals surface area (Å²) in [4.78, 5) is 25.5. The number of amides is 1. The van der Waals surface area contributed by atoms with E-state index in [1.165, 1.54) is 6.92 Å². The van der Waals surface area contributed by atoms with E-state index < -0.39 is 24.2 Å². The maximum Gasteiger partial charge on any atom is 0.305 e. The summed E-state index contributed by atoms with van der Waals surface area (Å²) in [5.41, 5.74) is 8.24. The Morgan fingerprint density at radius 3 is 2.57 bits per heavy atom. The van der Waals surface area contributed by atoms with Crippen molar-refractivity contribution >= 4 is 11.9 Å². The lowest BCUT2D eigenvalue weighted by atomic mass is 9.81. The fraction of sp³-hybridized carbons (Fsp3) is 0.846. The Hall–Kier alpha value is -1.79. The number of carbonyl (C=O) groups excluding carboxylic acids is 2. The summed E-state index contributed by atoms with van der Waals surface area (Å²) in [6, 6.07) is -0.465. The first-order chi connectivity index (χ1) is 9.90. The number of ether oxygens (including phenoxy) is 2. The highest BCUT2D eigenvalue weighted by Crippen LogP contribution is 2.32. The monoisotopic (exact) mass is 298 g/mol. The summed E-state index contributed by atoms with van der Waals surface area (Å²) in [5.74, 6) is -0.631. The molecule has 21 heavy (non-hydrogen) atoms. The minimum atomic E-state index is -0.825. The molecule has 1 N–H and O–H groups in total. The van der Waals surface area contributed by atoms with Crippen LogP contribution < -0.4 is 5.32 Å². The average molecular weight is 298 g/mol. The van der Waals surface area contributed by atoms with E-state index in [0.29, 0.717) is 0 Å². The number of nitrogens with zero attached hydrogens (tertiary/aromatic N) is 3. The predicted molar refractivity (Wildman–Crippen MR) is 75.0 cm³/mol. The molecule has 0 aromatic rings. The summed E-state index contributed by atoms with van der Waals surface area (Å²) in [6.07, 6.45) is -0.0637. The van der Waals surface area contributed by atoms with Gasteiger partial charge < -0.3 is 14.8 Å². The van der Waals surface area contributed by atoms with Crippen molar-refractivity contribution in [2.45, 2.75) is 52.6 Å². The molecule has 1 rings (SSSR count). The molecule has 0 radical (unpaired) electrons. The molecule has 118 valence electrons. The van der Waals surface area contributed by atoms with E-state index in [0.717, 1.165) is 6.42 Å². The number of hydrogen-bond acceptors (Lipinski definition) is 5. The molecule has 1 fully saturated rings. The van der Waals surface area contributed by atoms with Crippen molar-refractivity contribution in [2.24, 2.45) is 17.0 Å². The molecule has 0 spiro atoms. The van der Waals surface area contributed by atoms with Crippen LogP contribution in [0.4, 0.5) is 0 Å². The van der Waals surface area contributed by atoms with Crippen LogP contribution >= 0.6 is 0 Å². The van der Waals surface area contributed by atoms with Gasteiger partial charge in [0.2, 0.25) is 12.2 Å². The zero-order chi connectivity index (χ0) is 16.0. The highest BCUT2D eigenvalue weighted by Gasteiger charge is 2.43. The topological polar surface area (TPSA) is 113 Å². The lowest BCUT2D eigenvalue weighted by molar-refractivity contribution is -0.231. The van der Waals surface area contributed by atoms with Crippen molar-refractivity contribution in [2.75, 3.05) is 6.54 Å². The molecule has 8 heteroatoms. The number of rotatable bonds is 5. The molecule has 1 aliphatic rings. The lowest BCUT2D eigenvalue weighted by Gasteiger charge is -2.44. The largest absolute Gasteiger partial charge is 0.434 e. The molecule has 1 heterocycles. The van der Waals surface area contributed by atoms with Gasteiger partial charge in [0.05, 0.1) is 12.1 Å². The predicted octanol–water partition coefficient (Wildman–Crippen LogP) is 1.75. The van der Waals surface area contributed by atoms with Gasteiger partial charge in [-0.05, 0) is 23.8 Å². The fourth-order valence-corrected chi connectivity index (χ4v) is 2.55. The smallest absolute Gasteiger partial charge is 0.305 e. The van der Waals surface area contributed by atoms with Crippen molar-refractivity contribution in [3.63, 3.8) is 0 Å². The van der Waals surface area contributed by atoms with Crippen LogP contribution in [0.5, 0.6) is 0 Å². The van der Waals surface area contributed by atoms with E-state index in [9.17, 15) is 9.59 Å². The summed E-state index contributed by atoms with van der Waals surface area (Å²) >= 11 is 0. The van der Waals surface area contributed by atoms with Crippen LogP contribution in [-0.2, 0) is 19.1 Å². The van der Waals surface area contributed by atoms with Crippen LogP contribution in [-0.4, -0.2) is 36.9 Å². The fourth-order valence-electron chi connectivity index (χ4n) is 2.55. The minimum absolute atomic E-state index is 0.0327. The normalized spacial score (nSPS) is 31.9. The average Bonchev–Trinajstić information content (AvgIpc) is 2.43. The van der Waals surface area contributed by atoms with Crippen LogP contribution in [0, 0.1) is 11.8 Å². The van der Waals surface area contributed by atoms with Gasteiger partial charge in [-0.1, -0.05) is 25.9 Å². The number of nitrogens with one attached hydrogen (secondary N) is 1. The summed E-state index contributed by atoms with van der Waals surface area (Å²) in [7, 11) is 0. The first-order valence-corrected chi connectivity index (χ1v) is 7.03. The second kappa shape index (κ2) is 7.85. The Kier molecular flexibility index (Phi) is 6.45. The van der Waals surface area contributed by atoms with Crippen molar-refractivity contribution in [3.8, 4) is 0 Å². The van der Waals surface area contributed by atoms with Crippen LogP contribution in [0.15, 0.2) is 5.11 Å².